The van der Waals surface area contributed by atoms with Gasteiger partial charge < -0.3 is 10.6 Å². The summed E-state index contributed by atoms with van der Waals surface area (Å²) in [7, 11) is -3.05. The second kappa shape index (κ2) is 7.81. The van der Waals surface area contributed by atoms with E-state index in [1.54, 1.807) is 6.92 Å². The molecule has 1 aliphatic rings. The summed E-state index contributed by atoms with van der Waals surface area (Å²) in [5, 5.41) is 5.47. The molecule has 0 heterocycles. The molecule has 5 nitrogen and oxygen atoms in total. The van der Waals surface area contributed by atoms with E-state index in [4.69, 9.17) is 0 Å². The number of rotatable bonds is 6. The number of benzene rings is 1. The van der Waals surface area contributed by atoms with E-state index in [0.717, 1.165) is 18.4 Å². The highest BCUT2D eigenvalue weighted by Gasteiger charge is 2.14. The van der Waals surface area contributed by atoms with Crippen LogP contribution in [0.5, 0.6) is 0 Å². The van der Waals surface area contributed by atoms with Crippen LogP contribution >= 0.6 is 0 Å². The molecule has 0 bridgehead atoms. The van der Waals surface area contributed by atoms with Crippen molar-refractivity contribution in [1.29, 1.82) is 0 Å². The van der Waals surface area contributed by atoms with Gasteiger partial charge in [0, 0.05) is 12.3 Å². The number of nitrogens with one attached hydrogen (secondary N) is 2. The van der Waals surface area contributed by atoms with Crippen LogP contribution in [0, 0.1) is 0 Å². The van der Waals surface area contributed by atoms with Crippen molar-refractivity contribution in [2.45, 2.75) is 45.6 Å². The maximum Gasteiger partial charge on any atom is 0.315 e. The minimum Gasteiger partial charge on any atom is -0.337 e. The van der Waals surface area contributed by atoms with Crippen LogP contribution in [0.15, 0.2) is 18.2 Å². The molecule has 2 N–H and O–H groups in total. The largest absolute Gasteiger partial charge is 0.337 e. The summed E-state index contributed by atoms with van der Waals surface area (Å²) in [4.78, 5) is 11.9. The maximum atomic E-state index is 11.9. The van der Waals surface area contributed by atoms with Crippen LogP contribution in [0.25, 0.3) is 0 Å². The van der Waals surface area contributed by atoms with Crippen LogP contribution in [0.4, 0.5) is 4.79 Å². The Balaban J connectivity index is 1.86. The highest BCUT2D eigenvalue weighted by molar-refractivity contribution is 7.91. The van der Waals surface area contributed by atoms with E-state index in [9.17, 15) is 13.2 Å². The molecular weight excluding hydrogens is 312 g/mol. The third-order valence-corrected chi connectivity index (χ3v) is 6.06. The molecular formula is C17H26N2O3S. The number of carbonyl (C=O) groups is 1. The number of hydrogen-bond acceptors (Lipinski definition) is 3. The van der Waals surface area contributed by atoms with Crippen LogP contribution in [-0.2, 0) is 22.7 Å². The van der Waals surface area contributed by atoms with Crippen LogP contribution in [0.1, 0.15) is 49.4 Å². The van der Waals surface area contributed by atoms with Crippen LogP contribution in [0.3, 0.4) is 0 Å². The topological polar surface area (TPSA) is 75.3 Å². The van der Waals surface area contributed by atoms with Crippen molar-refractivity contribution < 1.29 is 13.2 Å². The normalized spacial score (nSPS) is 15.6. The smallest absolute Gasteiger partial charge is 0.315 e. The second-order valence-corrected chi connectivity index (χ2v) is 8.57. The summed E-state index contributed by atoms with van der Waals surface area (Å²) < 4.78 is 22.8. The van der Waals surface area contributed by atoms with Gasteiger partial charge in [0.25, 0.3) is 0 Å². The fourth-order valence-electron chi connectivity index (χ4n) is 2.82. The Morgan fingerprint density at radius 1 is 1.22 bits per heavy atom. The Hall–Kier alpha value is -1.56. The lowest BCUT2D eigenvalue weighted by Gasteiger charge is -2.20. The molecule has 1 atom stereocenters. The first-order valence-electron chi connectivity index (χ1n) is 8.28. The van der Waals surface area contributed by atoms with Crippen molar-refractivity contribution in [2.75, 3.05) is 18.1 Å². The average Bonchev–Trinajstić information content (AvgIpc) is 2.54. The second-order valence-electron chi connectivity index (χ2n) is 6.09. The highest BCUT2D eigenvalue weighted by Crippen LogP contribution is 2.24. The van der Waals surface area contributed by atoms with E-state index in [1.165, 1.54) is 24.0 Å². The highest BCUT2D eigenvalue weighted by atomic mass is 32.2. The number of fused-ring (bicyclic) bond motifs is 1. The lowest BCUT2D eigenvalue weighted by molar-refractivity contribution is 0.238. The first-order valence-corrected chi connectivity index (χ1v) is 10.1. The van der Waals surface area contributed by atoms with Gasteiger partial charge in [-0.3, -0.25) is 0 Å². The molecule has 1 aromatic rings. The molecule has 1 unspecified atom stereocenters. The summed E-state index contributed by atoms with van der Waals surface area (Å²) in [6.45, 7) is 3.68. The number of aryl methyl sites for hydroxylation is 2. The molecule has 23 heavy (non-hydrogen) atoms. The lowest BCUT2D eigenvalue weighted by atomic mass is 9.89. The van der Waals surface area contributed by atoms with Gasteiger partial charge in [0.15, 0.2) is 9.84 Å². The zero-order chi connectivity index (χ0) is 16.9. The van der Waals surface area contributed by atoms with E-state index in [0.29, 0.717) is 0 Å². The zero-order valence-electron chi connectivity index (χ0n) is 13.9. The number of sulfone groups is 1. The predicted molar refractivity (Wildman–Crippen MR) is 92.4 cm³/mol. The monoisotopic (exact) mass is 338 g/mol. The Kier molecular flexibility index (Phi) is 6.04. The van der Waals surface area contributed by atoms with Crippen molar-refractivity contribution in [3.05, 3.63) is 34.9 Å². The SMILES string of the molecule is CCS(=O)(=O)CCNC(=O)NC(C)c1ccc2c(c1)CCCC2. The quantitative estimate of drug-likeness (QED) is 0.836. The van der Waals surface area contributed by atoms with Crippen LogP contribution < -0.4 is 10.6 Å². The fraction of sp³-hybridized carbons (Fsp3) is 0.588. The Morgan fingerprint density at radius 2 is 1.91 bits per heavy atom. The summed E-state index contributed by atoms with van der Waals surface area (Å²) in [5.41, 5.74) is 3.89. The molecule has 6 heteroatoms. The van der Waals surface area contributed by atoms with Crippen molar-refractivity contribution in [3.8, 4) is 0 Å². The van der Waals surface area contributed by atoms with Crippen molar-refractivity contribution in [2.24, 2.45) is 0 Å². The molecule has 1 aliphatic carbocycles. The molecule has 0 aliphatic heterocycles. The Labute approximate surface area is 138 Å². The third-order valence-electron chi connectivity index (χ3n) is 4.36. The molecule has 0 aromatic heterocycles. The Bertz CT molecular complexity index is 656. The summed E-state index contributed by atoms with van der Waals surface area (Å²) in [6.07, 6.45) is 4.73. The number of amides is 2. The van der Waals surface area contributed by atoms with Crippen molar-refractivity contribution >= 4 is 15.9 Å². The van der Waals surface area contributed by atoms with Crippen molar-refractivity contribution in [1.82, 2.24) is 10.6 Å². The van der Waals surface area contributed by atoms with E-state index >= 15 is 0 Å². The molecule has 128 valence electrons. The molecule has 0 radical (unpaired) electrons. The van der Waals surface area contributed by atoms with Gasteiger partial charge in [0.2, 0.25) is 0 Å². The van der Waals surface area contributed by atoms with Gasteiger partial charge in [-0.25, -0.2) is 13.2 Å². The minimum atomic E-state index is -3.05. The van der Waals surface area contributed by atoms with E-state index in [-0.39, 0.29) is 30.1 Å². The number of carbonyl (C=O) groups excluding carboxylic acids is 1. The summed E-state index contributed by atoms with van der Waals surface area (Å²) in [6, 6.07) is 5.97. The fourth-order valence-corrected chi connectivity index (χ4v) is 3.52. The van der Waals surface area contributed by atoms with Gasteiger partial charge in [0.1, 0.15) is 0 Å². The maximum absolute atomic E-state index is 11.9. The lowest BCUT2D eigenvalue weighted by Crippen LogP contribution is -2.39. The van der Waals surface area contributed by atoms with Gasteiger partial charge in [-0.1, -0.05) is 25.1 Å². The zero-order valence-corrected chi connectivity index (χ0v) is 14.7. The van der Waals surface area contributed by atoms with E-state index in [2.05, 4.69) is 28.8 Å². The third kappa shape index (κ3) is 5.23. The molecule has 0 spiro atoms. The number of hydrogen-bond donors (Lipinski definition) is 2. The van der Waals surface area contributed by atoms with Gasteiger partial charge in [0.05, 0.1) is 11.8 Å². The molecule has 2 amide bonds. The summed E-state index contributed by atoms with van der Waals surface area (Å²) >= 11 is 0. The first-order chi connectivity index (χ1) is 10.9. The average molecular weight is 338 g/mol. The Morgan fingerprint density at radius 3 is 2.61 bits per heavy atom. The van der Waals surface area contributed by atoms with Gasteiger partial charge in [-0.2, -0.15) is 0 Å². The van der Waals surface area contributed by atoms with Gasteiger partial charge in [-0.15, -0.1) is 0 Å². The first kappa shape index (κ1) is 17.8. The molecule has 0 saturated heterocycles. The minimum absolute atomic E-state index is 0.0237. The predicted octanol–water partition coefficient (Wildman–Crippen LogP) is 2.36. The molecule has 0 fully saturated rings. The number of urea groups is 1. The van der Waals surface area contributed by atoms with E-state index < -0.39 is 9.84 Å². The molecule has 2 rings (SSSR count). The molecule has 0 saturated carbocycles. The standard InChI is InChI=1S/C17H26N2O3S/c1-3-23(21,22)11-10-18-17(20)19-13(2)15-9-8-14-6-4-5-7-16(14)12-15/h8-9,12-13H,3-7,10-11H2,1-2H3,(H2,18,19,20). The van der Waals surface area contributed by atoms with Crippen LogP contribution in [0.2, 0.25) is 0 Å². The van der Waals surface area contributed by atoms with Crippen molar-refractivity contribution in [3.63, 3.8) is 0 Å². The van der Waals surface area contributed by atoms with Gasteiger partial charge in [-0.05, 0) is 49.3 Å². The van der Waals surface area contributed by atoms with Crippen LogP contribution in [-0.4, -0.2) is 32.5 Å². The van der Waals surface area contributed by atoms with Gasteiger partial charge >= 0.3 is 6.03 Å². The molecule has 1 aromatic carbocycles. The van der Waals surface area contributed by atoms with E-state index in [1.807, 2.05) is 6.92 Å². The summed E-state index contributed by atoms with van der Waals surface area (Å²) in [5.74, 6) is 0.0754.